The quantitative estimate of drug-likeness (QED) is 0.316. The topological polar surface area (TPSA) is 63.5 Å². The first kappa shape index (κ1) is 22.5. The van der Waals surface area contributed by atoms with Gasteiger partial charge in [0.25, 0.3) is 0 Å². The Balaban J connectivity index is 0.00000280. The summed E-state index contributed by atoms with van der Waals surface area (Å²) >= 11 is 0. The molecule has 2 aromatic rings. The number of rotatable bonds is 9. The molecule has 1 heterocycles. The van der Waals surface area contributed by atoms with Gasteiger partial charge in [0.2, 0.25) is 0 Å². The third-order valence-electron chi connectivity index (χ3n) is 4.54. The van der Waals surface area contributed by atoms with Crippen molar-refractivity contribution >= 4 is 29.9 Å². The van der Waals surface area contributed by atoms with Crippen LogP contribution < -0.4 is 15.4 Å². The largest absolute Gasteiger partial charge is 0.493 e. The Hall–Kier alpha value is -1.77. The second-order valence-electron chi connectivity index (χ2n) is 7.27. The van der Waals surface area contributed by atoms with E-state index in [1.54, 1.807) is 0 Å². The van der Waals surface area contributed by atoms with E-state index in [1.807, 2.05) is 24.0 Å². The molecule has 0 radical (unpaired) electrons. The number of hydrogen-bond donors (Lipinski definition) is 2. The number of nitrogens with zero attached hydrogens (tertiary/aromatic N) is 3. The minimum absolute atomic E-state index is 0. The lowest BCUT2D eigenvalue weighted by molar-refractivity contribution is 0.296. The van der Waals surface area contributed by atoms with Crippen molar-refractivity contribution < 1.29 is 4.74 Å². The zero-order valence-corrected chi connectivity index (χ0v) is 19.4. The van der Waals surface area contributed by atoms with Crippen LogP contribution in [0.15, 0.2) is 35.6 Å². The van der Waals surface area contributed by atoms with Crippen LogP contribution in [0.3, 0.4) is 0 Å². The molecule has 1 aromatic carbocycles. The second kappa shape index (κ2) is 11.3. The standard InChI is InChI=1S/C21H31N5O.HI/c1-4-22-21(23-9-10-26-14-17(3)12-25-26)24-13-19-8-5-16(2)11-20(19)27-15-18-6-7-18;/h5,8,11-12,14,18H,4,6-7,9-10,13,15H2,1-3H3,(H2,22,23,24);1H. The van der Waals surface area contributed by atoms with Gasteiger partial charge in [-0.1, -0.05) is 12.1 Å². The molecule has 0 atom stereocenters. The predicted molar refractivity (Wildman–Crippen MR) is 125 cm³/mol. The van der Waals surface area contributed by atoms with Crippen LogP contribution in [0.2, 0.25) is 0 Å². The van der Waals surface area contributed by atoms with E-state index in [9.17, 15) is 0 Å². The van der Waals surface area contributed by atoms with Crippen LogP contribution >= 0.6 is 24.0 Å². The molecule has 1 fully saturated rings. The summed E-state index contributed by atoms with van der Waals surface area (Å²) < 4.78 is 7.99. The summed E-state index contributed by atoms with van der Waals surface area (Å²) in [6.45, 7) is 10.0. The highest BCUT2D eigenvalue weighted by molar-refractivity contribution is 14.0. The number of benzene rings is 1. The van der Waals surface area contributed by atoms with E-state index < -0.39 is 0 Å². The molecule has 1 aliphatic carbocycles. The Kier molecular flexibility index (Phi) is 9.08. The molecule has 6 nitrogen and oxygen atoms in total. The van der Waals surface area contributed by atoms with E-state index in [0.29, 0.717) is 6.54 Å². The summed E-state index contributed by atoms with van der Waals surface area (Å²) in [6, 6.07) is 6.36. The molecule has 7 heteroatoms. The van der Waals surface area contributed by atoms with E-state index in [1.165, 1.54) is 24.0 Å². The van der Waals surface area contributed by atoms with Crippen LogP contribution in [0.25, 0.3) is 0 Å². The summed E-state index contributed by atoms with van der Waals surface area (Å²) in [5, 5.41) is 11.0. The lowest BCUT2D eigenvalue weighted by Gasteiger charge is -2.13. The van der Waals surface area contributed by atoms with Crippen LogP contribution in [-0.4, -0.2) is 35.4 Å². The Morgan fingerprint density at radius 2 is 2.07 bits per heavy atom. The molecule has 0 bridgehead atoms. The molecule has 154 valence electrons. The highest BCUT2D eigenvalue weighted by Crippen LogP contribution is 2.30. The van der Waals surface area contributed by atoms with Crippen molar-refractivity contribution in [2.45, 2.75) is 46.7 Å². The van der Waals surface area contributed by atoms with Crippen LogP contribution in [-0.2, 0) is 13.1 Å². The van der Waals surface area contributed by atoms with Crippen LogP contribution in [0, 0.1) is 19.8 Å². The van der Waals surface area contributed by atoms with Crippen LogP contribution in [0.4, 0.5) is 0 Å². The van der Waals surface area contributed by atoms with Gasteiger partial charge in [-0.3, -0.25) is 4.68 Å². The number of ether oxygens (including phenoxy) is 1. The monoisotopic (exact) mass is 497 g/mol. The van der Waals surface area contributed by atoms with E-state index >= 15 is 0 Å². The maximum absolute atomic E-state index is 6.05. The Morgan fingerprint density at radius 3 is 2.75 bits per heavy atom. The first-order valence-electron chi connectivity index (χ1n) is 9.87. The smallest absolute Gasteiger partial charge is 0.191 e. The van der Waals surface area contributed by atoms with Gasteiger partial charge in [0, 0.05) is 24.8 Å². The molecule has 0 spiro atoms. The summed E-state index contributed by atoms with van der Waals surface area (Å²) in [5.41, 5.74) is 3.52. The van der Waals surface area contributed by atoms with Crippen molar-refractivity contribution in [3.05, 3.63) is 47.3 Å². The maximum atomic E-state index is 6.05. The van der Waals surface area contributed by atoms with Crippen LogP contribution in [0.5, 0.6) is 5.75 Å². The fourth-order valence-electron chi connectivity index (χ4n) is 2.80. The average molecular weight is 497 g/mol. The van der Waals surface area contributed by atoms with E-state index in [-0.39, 0.29) is 24.0 Å². The van der Waals surface area contributed by atoms with Gasteiger partial charge in [0.1, 0.15) is 5.75 Å². The molecule has 1 saturated carbocycles. The molecule has 2 N–H and O–H groups in total. The SMILES string of the molecule is CCNC(=NCc1ccc(C)cc1OCC1CC1)NCCn1cc(C)cn1.I. The molecular weight excluding hydrogens is 465 g/mol. The van der Waals surface area contributed by atoms with E-state index in [0.717, 1.165) is 49.4 Å². The third-order valence-corrected chi connectivity index (χ3v) is 4.54. The first-order chi connectivity index (χ1) is 13.1. The van der Waals surface area contributed by atoms with Crippen LogP contribution in [0.1, 0.15) is 36.5 Å². The van der Waals surface area contributed by atoms with Crippen molar-refractivity contribution in [3.63, 3.8) is 0 Å². The molecule has 0 amide bonds. The summed E-state index contributed by atoms with van der Waals surface area (Å²) in [5.74, 6) is 2.52. The summed E-state index contributed by atoms with van der Waals surface area (Å²) in [4.78, 5) is 4.74. The normalized spacial score (nSPS) is 13.8. The molecule has 0 unspecified atom stereocenters. The molecule has 0 saturated heterocycles. The first-order valence-corrected chi connectivity index (χ1v) is 9.87. The van der Waals surface area contributed by atoms with Gasteiger partial charge in [-0.15, -0.1) is 24.0 Å². The summed E-state index contributed by atoms with van der Waals surface area (Å²) in [7, 11) is 0. The third kappa shape index (κ3) is 7.33. The van der Waals surface area contributed by atoms with E-state index in [2.05, 4.69) is 47.8 Å². The molecular formula is C21H32IN5O. The molecule has 1 aromatic heterocycles. The second-order valence-corrected chi connectivity index (χ2v) is 7.27. The van der Waals surface area contributed by atoms with Crippen molar-refractivity contribution in [3.8, 4) is 5.75 Å². The van der Waals surface area contributed by atoms with Gasteiger partial charge in [0.15, 0.2) is 5.96 Å². The Bertz CT molecular complexity index is 770. The number of halogens is 1. The Morgan fingerprint density at radius 1 is 1.25 bits per heavy atom. The molecule has 3 rings (SSSR count). The lowest BCUT2D eigenvalue weighted by Crippen LogP contribution is -2.38. The minimum Gasteiger partial charge on any atom is -0.493 e. The maximum Gasteiger partial charge on any atom is 0.191 e. The lowest BCUT2D eigenvalue weighted by atomic mass is 10.1. The average Bonchev–Trinajstić information content (AvgIpc) is 3.39. The number of guanidine groups is 1. The molecule has 28 heavy (non-hydrogen) atoms. The highest BCUT2D eigenvalue weighted by atomic mass is 127. The van der Waals surface area contributed by atoms with Gasteiger partial charge in [-0.05, 0) is 56.7 Å². The van der Waals surface area contributed by atoms with Crippen molar-refractivity contribution in [1.29, 1.82) is 0 Å². The van der Waals surface area contributed by atoms with Gasteiger partial charge >= 0.3 is 0 Å². The van der Waals surface area contributed by atoms with Gasteiger partial charge in [-0.2, -0.15) is 5.10 Å². The minimum atomic E-state index is 0. The van der Waals surface area contributed by atoms with Crippen molar-refractivity contribution in [1.82, 2.24) is 20.4 Å². The zero-order chi connectivity index (χ0) is 19.1. The van der Waals surface area contributed by atoms with Crippen molar-refractivity contribution in [2.24, 2.45) is 10.9 Å². The van der Waals surface area contributed by atoms with Gasteiger partial charge < -0.3 is 15.4 Å². The van der Waals surface area contributed by atoms with E-state index in [4.69, 9.17) is 9.73 Å². The zero-order valence-electron chi connectivity index (χ0n) is 17.1. The number of aliphatic imine (C=N–C) groups is 1. The number of aromatic nitrogens is 2. The fourth-order valence-corrected chi connectivity index (χ4v) is 2.80. The Labute approximate surface area is 185 Å². The molecule has 0 aliphatic heterocycles. The fraction of sp³-hybridized carbons (Fsp3) is 0.524. The van der Waals surface area contributed by atoms with Gasteiger partial charge in [0.05, 0.1) is 25.9 Å². The number of aryl methyl sites for hydroxylation is 2. The predicted octanol–water partition coefficient (Wildman–Crippen LogP) is 3.66. The van der Waals surface area contributed by atoms with Crippen molar-refractivity contribution in [2.75, 3.05) is 19.7 Å². The highest BCUT2D eigenvalue weighted by Gasteiger charge is 2.22. The van der Waals surface area contributed by atoms with Gasteiger partial charge in [-0.25, -0.2) is 4.99 Å². The number of hydrogen-bond acceptors (Lipinski definition) is 3. The molecule has 1 aliphatic rings. The number of nitrogens with one attached hydrogen (secondary N) is 2. The summed E-state index contributed by atoms with van der Waals surface area (Å²) in [6.07, 6.45) is 6.51.